The topological polar surface area (TPSA) is 27.7 Å². The molecule has 6 heteroatoms. The Morgan fingerprint density at radius 1 is 0.745 bits per heavy atom. The summed E-state index contributed by atoms with van der Waals surface area (Å²) in [5.74, 6) is 3.19. The molecule has 0 aromatic carbocycles. The molecular formula is C45H86O3Si3. The summed E-state index contributed by atoms with van der Waals surface area (Å²) >= 11 is 0. The molecule has 3 fully saturated rings. The minimum Gasteiger partial charge on any atom is -0.417 e. The highest BCUT2D eigenvalue weighted by atomic mass is 28.4. The van der Waals surface area contributed by atoms with E-state index in [-0.39, 0.29) is 27.3 Å². The molecule has 0 amide bonds. The molecule has 0 radical (unpaired) electrons. The first-order valence-corrected chi connectivity index (χ1v) is 29.8. The molecular weight excluding hydrogens is 673 g/mol. The number of hydrogen-bond acceptors (Lipinski definition) is 3. The molecule has 2 unspecified atom stereocenters. The first-order chi connectivity index (χ1) is 23.0. The Morgan fingerprint density at radius 3 is 1.73 bits per heavy atom. The largest absolute Gasteiger partial charge is 0.417 e. The Hall–Kier alpha value is -0.249. The van der Waals surface area contributed by atoms with Gasteiger partial charge in [0.25, 0.3) is 0 Å². The van der Waals surface area contributed by atoms with Gasteiger partial charge in [0.05, 0.1) is 12.2 Å². The van der Waals surface area contributed by atoms with Crippen molar-refractivity contribution in [2.45, 2.75) is 214 Å². The summed E-state index contributed by atoms with van der Waals surface area (Å²) in [5, 5.41) is 0.491. The molecule has 0 N–H and O–H groups in total. The van der Waals surface area contributed by atoms with E-state index in [1.165, 1.54) is 49.7 Å². The van der Waals surface area contributed by atoms with Gasteiger partial charge in [-0.3, -0.25) is 0 Å². The average Bonchev–Trinajstić information content (AvgIpc) is 3.30. The molecule has 6 atom stereocenters. The number of allylic oxidation sites excluding steroid dienone is 3. The van der Waals surface area contributed by atoms with Crippen LogP contribution in [-0.2, 0) is 13.3 Å². The van der Waals surface area contributed by atoms with Crippen molar-refractivity contribution in [2.75, 3.05) is 6.61 Å². The van der Waals surface area contributed by atoms with Crippen molar-refractivity contribution in [3.8, 4) is 0 Å². The van der Waals surface area contributed by atoms with Crippen LogP contribution in [0.3, 0.4) is 0 Å². The number of hydrogen-bond donors (Lipinski definition) is 0. The third-order valence-corrected chi connectivity index (χ3v) is 28.5. The van der Waals surface area contributed by atoms with E-state index in [9.17, 15) is 0 Å². The Balaban J connectivity index is 2.03. The van der Waals surface area contributed by atoms with E-state index in [1.807, 2.05) is 0 Å². The van der Waals surface area contributed by atoms with Crippen molar-refractivity contribution in [1.82, 2.24) is 0 Å². The zero-order chi connectivity index (χ0) is 39.0. The van der Waals surface area contributed by atoms with Gasteiger partial charge < -0.3 is 13.3 Å². The molecule has 3 aliphatic carbocycles. The smallest absolute Gasteiger partial charge is 0.192 e. The van der Waals surface area contributed by atoms with E-state index in [0.29, 0.717) is 5.41 Å². The lowest BCUT2D eigenvalue weighted by molar-refractivity contribution is 0.0893. The second-order valence-corrected chi connectivity index (χ2v) is 36.8. The summed E-state index contributed by atoms with van der Waals surface area (Å²) in [7, 11) is -5.93. The first kappa shape index (κ1) is 45.1. The Bertz CT molecular complexity index is 1210. The molecule has 0 bridgehead atoms. The zero-order valence-electron chi connectivity index (χ0n) is 37.5. The summed E-state index contributed by atoms with van der Waals surface area (Å²) in [6.07, 6.45) is 18.7. The van der Waals surface area contributed by atoms with Crippen molar-refractivity contribution >= 4 is 25.0 Å². The lowest BCUT2D eigenvalue weighted by atomic mass is 9.60. The van der Waals surface area contributed by atoms with Crippen molar-refractivity contribution < 1.29 is 13.3 Å². The molecule has 0 aromatic rings. The van der Waals surface area contributed by atoms with E-state index in [4.69, 9.17) is 13.3 Å². The van der Waals surface area contributed by atoms with Crippen LogP contribution in [0.1, 0.15) is 148 Å². The molecule has 0 saturated heterocycles. The molecule has 3 nitrogen and oxygen atoms in total. The summed E-state index contributed by atoms with van der Waals surface area (Å²) in [5.41, 5.74) is 5.08. The highest BCUT2D eigenvalue weighted by Gasteiger charge is 2.51. The first-order valence-electron chi connectivity index (χ1n) is 21.1. The van der Waals surface area contributed by atoms with Crippen molar-refractivity contribution in [1.29, 1.82) is 0 Å². The van der Waals surface area contributed by atoms with Gasteiger partial charge in [-0.1, -0.05) is 119 Å². The van der Waals surface area contributed by atoms with Crippen LogP contribution in [0.2, 0.25) is 54.4 Å². The van der Waals surface area contributed by atoms with Crippen LogP contribution in [0.5, 0.6) is 0 Å². The lowest BCUT2D eigenvalue weighted by Gasteiger charge is -2.46. The molecule has 296 valence electrons. The van der Waals surface area contributed by atoms with Crippen LogP contribution >= 0.6 is 0 Å². The van der Waals surface area contributed by atoms with Crippen LogP contribution in [0.4, 0.5) is 0 Å². The SMILES string of the molecule is CC(C)C[C@@H](C)C1CCC2/C(=C/C=C3C[C@@H](O[Si](C)(C)C(C)(C)C)C(=CCCO[Si](C)(C)C(C)(C)C)[C@H](O[Si](C)(C)C(C)(C)C)C3)CCC[C@@]21C. The molecule has 3 aliphatic rings. The highest BCUT2D eigenvalue weighted by Crippen LogP contribution is 2.60. The Kier molecular flexibility index (Phi) is 14.6. The highest BCUT2D eigenvalue weighted by molar-refractivity contribution is 6.75. The van der Waals surface area contributed by atoms with E-state index >= 15 is 0 Å². The molecule has 0 aromatic heterocycles. The molecule has 3 saturated carbocycles. The summed E-state index contributed by atoms with van der Waals surface area (Å²) in [4.78, 5) is 0. The van der Waals surface area contributed by atoms with Gasteiger partial charge in [0, 0.05) is 6.61 Å². The zero-order valence-corrected chi connectivity index (χ0v) is 40.5. The van der Waals surface area contributed by atoms with E-state index in [0.717, 1.165) is 49.5 Å². The van der Waals surface area contributed by atoms with Crippen LogP contribution < -0.4 is 0 Å². The lowest BCUT2D eigenvalue weighted by Crippen LogP contribution is -2.50. The van der Waals surface area contributed by atoms with Crippen LogP contribution in [-0.4, -0.2) is 43.8 Å². The standard InChI is InChI=1S/C45H86O3Si3/c1-33(2)30-34(3)38-26-27-39-36(22-20-28-45(38,39)13)25-24-35-31-40(47-50(16,17)43(7,8)9)37(23-21-29-46-49(14,15)42(4,5)6)41(32-35)48-51(18,19)44(10,11)12/h23-25,33-34,38-41H,20-22,26-32H2,1-19H3/b35-24?,36-25+,37-23?/t34-,38?,39?,40-,41-,45-/m1/s1. The molecule has 0 spiro atoms. The van der Waals surface area contributed by atoms with Gasteiger partial charge in [-0.15, -0.1) is 0 Å². The number of rotatable bonds is 12. The molecule has 51 heavy (non-hydrogen) atoms. The fourth-order valence-corrected chi connectivity index (χ4v) is 12.4. The third kappa shape index (κ3) is 11.0. The maximum absolute atomic E-state index is 7.43. The minimum atomic E-state index is -2.06. The Morgan fingerprint density at radius 2 is 1.25 bits per heavy atom. The van der Waals surface area contributed by atoms with E-state index in [2.05, 4.69) is 148 Å². The predicted octanol–water partition coefficient (Wildman–Crippen LogP) is 14.7. The summed E-state index contributed by atoms with van der Waals surface area (Å²) < 4.78 is 21.5. The van der Waals surface area contributed by atoms with Gasteiger partial charge in [-0.25, -0.2) is 0 Å². The summed E-state index contributed by atoms with van der Waals surface area (Å²) in [6, 6.07) is 0. The van der Waals surface area contributed by atoms with Crippen molar-refractivity contribution in [3.05, 3.63) is 34.9 Å². The van der Waals surface area contributed by atoms with Crippen molar-refractivity contribution in [3.63, 3.8) is 0 Å². The van der Waals surface area contributed by atoms with Gasteiger partial charge >= 0.3 is 0 Å². The monoisotopic (exact) mass is 759 g/mol. The molecule has 0 heterocycles. The van der Waals surface area contributed by atoms with E-state index in [1.54, 1.807) is 5.57 Å². The quantitative estimate of drug-likeness (QED) is 0.113. The summed E-state index contributed by atoms with van der Waals surface area (Å²) in [6.45, 7) is 46.5. The Labute approximate surface area is 322 Å². The third-order valence-electron chi connectivity index (χ3n) is 15.0. The molecule has 3 rings (SSSR count). The van der Waals surface area contributed by atoms with Crippen LogP contribution in [0.25, 0.3) is 0 Å². The second kappa shape index (κ2) is 16.5. The second-order valence-electron chi connectivity index (χ2n) is 22.5. The number of fused-ring (bicyclic) bond motifs is 1. The predicted molar refractivity (Wildman–Crippen MR) is 232 cm³/mol. The maximum Gasteiger partial charge on any atom is 0.192 e. The van der Waals surface area contributed by atoms with Crippen molar-refractivity contribution in [2.24, 2.45) is 29.1 Å². The van der Waals surface area contributed by atoms with Gasteiger partial charge in [0.1, 0.15) is 0 Å². The minimum absolute atomic E-state index is 0.0521. The van der Waals surface area contributed by atoms with Crippen LogP contribution in [0, 0.1) is 29.1 Å². The van der Waals surface area contributed by atoms with Gasteiger partial charge in [-0.2, -0.15) is 0 Å². The van der Waals surface area contributed by atoms with Gasteiger partial charge in [0.15, 0.2) is 25.0 Å². The fourth-order valence-electron chi connectivity index (χ4n) is 8.79. The van der Waals surface area contributed by atoms with Gasteiger partial charge in [0.2, 0.25) is 0 Å². The van der Waals surface area contributed by atoms with Gasteiger partial charge in [-0.05, 0) is 147 Å². The fraction of sp³-hybridized carbons (Fsp3) is 0.867. The maximum atomic E-state index is 7.43. The molecule has 0 aliphatic heterocycles. The normalized spacial score (nSPS) is 28.7. The van der Waals surface area contributed by atoms with E-state index < -0.39 is 25.0 Å². The van der Waals surface area contributed by atoms with Crippen LogP contribution in [0.15, 0.2) is 34.9 Å². The average molecular weight is 759 g/mol.